The Bertz CT molecular complexity index is 1090. The maximum Gasteiger partial charge on any atom is 0.227 e. The molecule has 2 aromatic rings. The number of nitrogen functional groups attached to an aromatic ring is 1. The maximum absolute atomic E-state index is 13.1. The van der Waals surface area contributed by atoms with Crippen molar-refractivity contribution in [3.63, 3.8) is 0 Å². The first-order chi connectivity index (χ1) is 14.9. The number of carbonyl (C=O) groups is 2. The van der Waals surface area contributed by atoms with E-state index in [1.165, 1.54) is 25.1 Å². The predicted octanol–water partition coefficient (Wildman–Crippen LogP) is 2.80. The smallest absolute Gasteiger partial charge is 0.227 e. The van der Waals surface area contributed by atoms with E-state index >= 15 is 0 Å². The van der Waals surface area contributed by atoms with Crippen molar-refractivity contribution in [1.82, 2.24) is 15.1 Å². The third kappa shape index (κ3) is 4.05. The molecule has 1 aromatic carbocycles. The number of aromatic nitrogens is 2. The van der Waals surface area contributed by atoms with E-state index in [0.717, 1.165) is 18.4 Å². The van der Waals surface area contributed by atoms with Gasteiger partial charge < -0.3 is 20.5 Å². The van der Waals surface area contributed by atoms with Gasteiger partial charge in [0.2, 0.25) is 5.91 Å². The van der Waals surface area contributed by atoms with Gasteiger partial charge in [-0.05, 0) is 56.0 Å². The van der Waals surface area contributed by atoms with Gasteiger partial charge in [-0.25, -0.2) is 4.68 Å². The number of benzene rings is 1. The Morgan fingerprint density at radius 1 is 1.19 bits per heavy atom. The van der Waals surface area contributed by atoms with E-state index in [1.807, 2.05) is 19.1 Å². The number of nitrogens with one attached hydrogen (secondary N) is 1. The lowest BCUT2D eigenvalue weighted by atomic mass is 9.94. The summed E-state index contributed by atoms with van der Waals surface area (Å²) in [4.78, 5) is 25.6. The molecule has 2 aliphatic carbocycles. The third-order valence-electron chi connectivity index (χ3n) is 5.63. The van der Waals surface area contributed by atoms with Crippen molar-refractivity contribution in [2.45, 2.75) is 32.2 Å². The van der Waals surface area contributed by atoms with Crippen molar-refractivity contribution in [2.75, 3.05) is 20.0 Å². The summed E-state index contributed by atoms with van der Waals surface area (Å²) in [6.07, 6.45) is 8.04. The largest absolute Gasteiger partial charge is 0.493 e. The van der Waals surface area contributed by atoms with E-state index in [4.69, 9.17) is 15.2 Å². The highest BCUT2D eigenvalue weighted by Gasteiger charge is 2.29. The van der Waals surface area contributed by atoms with E-state index < -0.39 is 0 Å². The predicted molar refractivity (Wildman–Crippen MR) is 117 cm³/mol. The summed E-state index contributed by atoms with van der Waals surface area (Å²) in [6.45, 7) is 1.94. The summed E-state index contributed by atoms with van der Waals surface area (Å²) in [5, 5.41) is 7.39. The Hall–Kier alpha value is -3.55. The van der Waals surface area contributed by atoms with Crippen LogP contribution >= 0.6 is 0 Å². The van der Waals surface area contributed by atoms with Gasteiger partial charge in [0.1, 0.15) is 5.82 Å². The molecule has 1 amide bonds. The zero-order valence-electron chi connectivity index (χ0n) is 17.8. The summed E-state index contributed by atoms with van der Waals surface area (Å²) in [5.74, 6) is 0.667. The van der Waals surface area contributed by atoms with Crippen LogP contribution in [0, 0.1) is 5.92 Å². The number of nitrogens with two attached hydrogens (primary N) is 1. The summed E-state index contributed by atoms with van der Waals surface area (Å²) in [7, 11) is 3.05. The molecule has 0 spiro atoms. The number of hydrogen-bond acceptors (Lipinski definition) is 6. The molecule has 0 bridgehead atoms. The quantitative estimate of drug-likeness (QED) is 0.664. The van der Waals surface area contributed by atoms with Crippen LogP contribution < -0.4 is 20.5 Å². The number of amides is 1. The molecule has 4 rings (SSSR count). The first-order valence-electron chi connectivity index (χ1n) is 10.2. The molecule has 8 nitrogen and oxygen atoms in total. The second-order valence-electron chi connectivity index (χ2n) is 7.82. The van der Waals surface area contributed by atoms with Crippen LogP contribution in [-0.4, -0.2) is 41.7 Å². The topological polar surface area (TPSA) is 108 Å². The first-order valence-corrected chi connectivity index (χ1v) is 10.2. The van der Waals surface area contributed by atoms with Crippen LogP contribution in [0.3, 0.4) is 0 Å². The van der Waals surface area contributed by atoms with Crippen LogP contribution in [0.2, 0.25) is 0 Å². The van der Waals surface area contributed by atoms with Crippen molar-refractivity contribution in [3.05, 3.63) is 53.2 Å². The Kier molecular flexibility index (Phi) is 5.54. The lowest BCUT2D eigenvalue weighted by Crippen LogP contribution is -2.32. The van der Waals surface area contributed by atoms with Gasteiger partial charge in [-0.2, -0.15) is 5.10 Å². The van der Waals surface area contributed by atoms with Gasteiger partial charge in [-0.1, -0.05) is 6.08 Å². The van der Waals surface area contributed by atoms with Crippen LogP contribution in [0.15, 0.2) is 42.1 Å². The average molecular weight is 422 g/mol. The Labute approximate surface area is 180 Å². The van der Waals surface area contributed by atoms with Gasteiger partial charge in [0.25, 0.3) is 0 Å². The lowest BCUT2D eigenvalue weighted by Gasteiger charge is -2.20. The molecule has 31 heavy (non-hydrogen) atoms. The number of anilines is 1. The zero-order valence-corrected chi connectivity index (χ0v) is 17.8. The second-order valence-corrected chi connectivity index (χ2v) is 7.82. The summed E-state index contributed by atoms with van der Waals surface area (Å²) in [5.41, 5.74) is 8.69. The molecule has 1 heterocycles. The number of carbonyl (C=O) groups excluding carboxylic acids is 2. The standard InChI is InChI=1S/C23H26N4O4/c1-13-4-5-15(23(29)26-16-7-8-16)10-18(13)27-22(24)17(12-25-27)21(28)14-6-9-19(30-2)20(11-14)31-3/h4,6,9-12,15-16H,5,7-8,24H2,1-3H3,(H,26,29). The number of allylic oxidation sites excluding steroid dienone is 3. The molecule has 162 valence electrons. The van der Waals surface area contributed by atoms with Crippen molar-refractivity contribution in [3.8, 4) is 11.5 Å². The van der Waals surface area contributed by atoms with E-state index in [-0.39, 0.29) is 29.0 Å². The third-order valence-corrected chi connectivity index (χ3v) is 5.63. The molecule has 1 aromatic heterocycles. The highest BCUT2D eigenvalue weighted by molar-refractivity contribution is 6.12. The Morgan fingerprint density at radius 2 is 1.94 bits per heavy atom. The fraction of sp³-hybridized carbons (Fsp3) is 0.348. The minimum Gasteiger partial charge on any atom is -0.493 e. The van der Waals surface area contributed by atoms with Crippen LogP contribution in [-0.2, 0) is 4.79 Å². The van der Waals surface area contributed by atoms with E-state index in [2.05, 4.69) is 10.4 Å². The van der Waals surface area contributed by atoms with Crippen molar-refractivity contribution in [2.24, 2.45) is 5.92 Å². The molecular formula is C23H26N4O4. The van der Waals surface area contributed by atoms with Gasteiger partial charge in [0.15, 0.2) is 17.3 Å². The van der Waals surface area contributed by atoms with Crippen LogP contribution in [0.25, 0.3) is 5.70 Å². The molecular weight excluding hydrogens is 396 g/mol. The number of hydrogen-bond donors (Lipinski definition) is 2. The number of nitrogens with zero attached hydrogens (tertiary/aromatic N) is 2. The molecule has 0 radical (unpaired) electrons. The fourth-order valence-corrected chi connectivity index (χ4v) is 3.61. The van der Waals surface area contributed by atoms with Crippen molar-refractivity contribution in [1.29, 1.82) is 0 Å². The SMILES string of the molecule is COc1ccc(C(=O)c2cnn(C3=CC(C(=O)NC4CC4)CC=C3C)c2N)cc1OC. The molecule has 1 atom stereocenters. The number of rotatable bonds is 7. The normalized spacial score (nSPS) is 18.1. The first kappa shape index (κ1) is 20.7. The number of ether oxygens (including phenoxy) is 2. The summed E-state index contributed by atoms with van der Waals surface area (Å²) < 4.78 is 12.0. The van der Waals surface area contributed by atoms with Gasteiger partial charge in [0, 0.05) is 11.6 Å². The van der Waals surface area contributed by atoms with Crippen molar-refractivity contribution < 1.29 is 19.1 Å². The number of methoxy groups -OCH3 is 2. The monoisotopic (exact) mass is 422 g/mol. The average Bonchev–Trinajstić information content (AvgIpc) is 3.52. The molecule has 1 fully saturated rings. The minimum atomic E-state index is -0.284. The van der Waals surface area contributed by atoms with E-state index in [9.17, 15) is 9.59 Å². The molecule has 0 aliphatic heterocycles. The Morgan fingerprint density at radius 3 is 2.61 bits per heavy atom. The molecule has 2 aliphatic rings. The molecule has 1 unspecified atom stereocenters. The molecule has 1 saturated carbocycles. The van der Waals surface area contributed by atoms with E-state index in [1.54, 1.807) is 18.2 Å². The summed E-state index contributed by atoms with van der Waals surface area (Å²) >= 11 is 0. The maximum atomic E-state index is 13.1. The van der Waals surface area contributed by atoms with Gasteiger partial charge in [-0.15, -0.1) is 0 Å². The number of ketones is 1. The van der Waals surface area contributed by atoms with Gasteiger partial charge in [0.05, 0.1) is 37.6 Å². The van der Waals surface area contributed by atoms with Crippen molar-refractivity contribution >= 4 is 23.2 Å². The highest BCUT2D eigenvalue weighted by Crippen LogP contribution is 2.32. The van der Waals surface area contributed by atoms with E-state index in [0.29, 0.717) is 35.2 Å². The van der Waals surface area contributed by atoms with Crippen LogP contribution in [0.1, 0.15) is 42.1 Å². The second kappa shape index (κ2) is 8.29. The van der Waals surface area contributed by atoms with Gasteiger partial charge >= 0.3 is 0 Å². The van der Waals surface area contributed by atoms with Crippen LogP contribution in [0.4, 0.5) is 5.82 Å². The minimum absolute atomic E-state index is 0.0103. The molecule has 8 heteroatoms. The fourth-order valence-electron chi connectivity index (χ4n) is 3.61. The molecule has 3 N–H and O–H groups in total. The van der Waals surface area contributed by atoms with Crippen LogP contribution in [0.5, 0.6) is 11.5 Å². The highest BCUT2D eigenvalue weighted by atomic mass is 16.5. The summed E-state index contributed by atoms with van der Waals surface area (Å²) in [6, 6.07) is 5.24. The van der Waals surface area contributed by atoms with Gasteiger partial charge in [-0.3, -0.25) is 9.59 Å². The Balaban J connectivity index is 1.62. The lowest BCUT2D eigenvalue weighted by molar-refractivity contribution is -0.123. The molecule has 0 saturated heterocycles. The zero-order chi connectivity index (χ0) is 22.1.